The van der Waals surface area contributed by atoms with Gasteiger partial charge in [-0.2, -0.15) is 0 Å². The minimum atomic E-state index is 0.658. The van der Waals surface area contributed by atoms with E-state index in [4.69, 9.17) is 9.47 Å². The van der Waals surface area contributed by atoms with E-state index in [1.165, 1.54) is 11.3 Å². The van der Waals surface area contributed by atoms with Gasteiger partial charge >= 0.3 is 0 Å². The Balaban J connectivity index is 1.53. The van der Waals surface area contributed by atoms with Crippen LogP contribution in [0.2, 0.25) is 0 Å². The normalized spacial score (nSPS) is 16.2. The summed E-state index contributed by atoms with van der Waals surface area (Å²) in [6, 6.07) is 4.34. The third-order valence-electron chi connectivity index (χ3n) is 4.39. The molecule has 0 atom stereocenters. The van der Waals surface area contributed by atoms with Crippen LogP contribution in [0.1, 0.15) is 24.6 Å². The molecule has 1 aromatic heterocycles. The summed E-state index contributed by atoms with van der Waals surface area (Å²) in [5.74, 6) is 0.976. The molecule has 1 aliphatic heterocycles. The molecule has 1 saturated heterocycles. The van der Waals surface area contributed by atoms with Crippen molar-refractivity contribution in [2.75, 3.05) is 66.2 Å². The fraction of sp³-hybridized carbons (Fsp3) is 0.737. The second kappa shape index (κ2) is 13.1. The number of ether oxygens (including phenoxy) is 2. The minimum absolute atomic E-state index is 0.658. The van der Waals surface area contributed by atoms with Gasteiger partial charge in [-0.15, -0.1) is 11.3 Å². The van der Waals surface area contributed by atoms with E-state index in [-0.39, 0.29) is 0 Å². The van der Waals surface area contributed by atoms with Crippen molar-refractivity contribution in [2.24, 2.45) is 4.99 Å². The molecule has 2 rings (SSSR count). The highest BCUT2D eigenvalue weighted by Crippen LogP contribution is 2.13. The summed E-state index contributed by atoms with van der Waals surface area (Å²) < 4.78 is 11.1. The first-order chi connectivity index (χ1) is 12.8. The van der Waals surface area contributed by atoms with Crippen molar-refractivity contribution < 1.29 is 9.47 Å². The number of hydrogen-bond acceptors (Lipinski definition) is 5. The van der Waals surface area contributed by atoms with Gasteiger partial charge in [0, 0.05) is 57.8 Å². The Hall–Kier alpha value is -1.15. The fourth-order valence-corrected chi connectivity index (χ4v) is 3.62. The maximum atomic E-state index is 5.60. The van der Waals surface area contributed by atoms with Gasteiger partial charge in [-0.05, 0) is 17.9 Å². The molecule has 1 fully saturated rings. The van der Waals surface area contributed by atoms with Crippen LogP contribution >= 0.6 is 11.3 Å². The lowest BCUT2D eigenvalue weighted by molar-refractivity contribution is 0.0485. The first-order valence-electron chi connectivity index (χ1n) is 9.69. The Bertz CT molecular complexity index is 488. The maximum absolute atomic E-state index is 5.60. The Morgan fingerprint density at radius 1 is 1.15 bits per heavy atom. The number of unbranched alkanes of at least 4 members (excludes halogenated alkanes) is 1. The van der Waals surface area contributed by atoms with Gasteiger partial charge in [0.1, 0.15) is 0 Å². The Morgan fingerprint density at radius 2 is 1.92 bits per heavy atom. The molecule has 0 amide bonds. The Labute approximate surface area is 162 Å². The van der Waals surface area contributed by atoms with Crippen molar-refractivity contribution in [3.63, 3.8) is 0 Å². The Morgan fingerprint density at radius 3 is 2.58 bits per heavy atom. The van der Waals surface area contributed by atoms with Crippen LogP contribution in [0.4, 0.5) is 0 Å². The van der Waals surface area contributed by atoms with E-state index in [0.29, 0.717) is 19.8 Å². The number of hydrogen-bond donors (Lipinski definition) is 1. The molecule has 0 bridgehead atoms. The topological polar surface area (TPSA) is 49.3 Å². The lowest BCUT2D eigenvalue weighted by Crippen LogP contribution is -2.52. The number of nitrogens with zero attached hydrogens (tertiary/aromatic N) is 3. The van der Waals surface area contributed by atoms with Crippen LogP contribution in [0, 0.1) is 0 Å². The number of rotatable bonds is 11. The summed E-state index contributed by atoms with van der Waals surface area (Å²) in [5, 5.41) is 5.55. The average molecular weight is 383 g/mol. The molecule has 7 heteroatoms. The summed E-state index contributed by atoms with van der Waals surface area (Å²) in [5.41, 5.74) is 0. The van der Waals surface area contributed by atoms with Crippen molar-refractivity contribution >= 4 is 17.3 Å². The number of piperazine rings is 1. The van der Waals surface area contributed by atoms with E-state index < -0.39 is 0 Å². The van der Waals surface area contributed by atoms with Crippen LogP contribution < -0.4 is 5.32 Å². The van der Waals surface area contributed by atoms with Gasteiger partial charge in [-0.25, -0.2) is 0 Å². The molecule has 1 aromatic rings. The molecule has 0 radical (unpaired) electrons. The van der Waals surface area contributed by atoms with E-state index in [0.717, 1.165) is 58.3 Å². The van der Waals surface area contributed by atoms with Gasteiger partial charge in [0.15, 0.2) is 5.96 Å². The third kappa shape index (κ3) is 8.03. The summed E-state index contributed by atoms with van der Waals surface area (Å²) in [6.45, 7) is 11.0. The van der Waals surface area contributed by atoms with Crippen molar-refractivity contribution in [3.8, 4) is 0 Å². The summed E-state index contributed by atoms with van der Waals surface area (Å²) in [4.78, 5) is 10.7. The zero-order valence-electron chi connectivity index (χ0n) is 16.3. The minimum Gasteiger partial charge on any atom is -0.379 e. The van der Waals surface area contributed by atoms with Crippen molar-refractivity contribution in [2.45, 2.75) is 26.3 Å². The highest BCUT2D eigenvalue weighted by Gasteiger charge is 2.19. The van der Waals surface area contributed by atoms with Gasteiger partial charge in [0.25, 0.3) is 0 Å². The number of aliphatic imine (C=N–C) groups is 1. The molecule has 1 aliphatic rings. The SMILES string of the molecule is CCCCOCCOCCNC(=NC)N1CCN(Cc2cccs2)CC1. The third-order valence-corrected chi connectivity index (χ3v) is 5.25. The summed E-state index contributed by atoms with van der Waals surface area (Å²) in [7, 11) is 1.85. The average Bonchev–Trinajstić information content (AvgIpc) is 3.17. The van der Waals surface area contributed by atoms with Crippen LogP contribution in [-0.4, -0.2) is 82.0 Å². The van der Waals surface area contributed by atoms with Crippen LogP contribution in [0.15, 0.2) is 22.5 Å². The molecule has 6 nitrogen and oxygen atoms in total. The van der Waals surface area contributed by atoms with E-state index in [1.807, 2.05) is 18.4 Å². The van der Waals surface area contributed by atoms with E-state index >= 15 is 0 Å². The Kier molecular flexibility index (Phi) is 10.6. The molecule has 0 aromatic carbocycles. The van der Waals surface area contributed by atoms with Crippen molar-refractivity contribution in [1.82, 2.24) is 15.1 Å². The second-order valence-electron chi connectivity index (χ2n) is 6.39. The molecule has 0 unspecified atom stereocenters. The van der Waals surface area contributed by atoms with Crippen molar-refractivity contribution in [3.05, 3.63) is 22.4 Å². The van der Waals surface area contributed by atoms with Gasteiger partial charge in [0.05, 0.1) is 19.8 Å². The van der Waals surface area contributed by atoms with Gasteiger partial charge in [0.2, 0.25) is 0 Å². The molecule has 0 aliphatic carbocycles. The highest BCUT2D eigenvalue weighted by atomic mass is 32.1. The molecule has 2 heterocycles. The molecule has 1 N–H and O–H groups in total. The monoisotopic (exact) mass is 382 g/mol. The number of nitrogens with one attached hydrogen (secondary N) is 1. The zero-order valence-corrected chi connectivity index (χ0v) is 17.1. The number of thiophene rings is 1. The standard InChI is InChI=1S/C19H34N4O2S/c1-3-4-12-24-14-15-25-13-7-21-19(20-2)23-10-8-22(9-11-23)17-18-6-5-16-26-18/h5-6,16H,3-4,7-15,17H2,1-2H3,(H,20,21). The molecule has 148 valence electrons. The fourth-order valence-electron chi connectivity index (χ4n) is 2.88. The summed E-state index contributed by atoms with van der Waals surface area (Å²) in [6.07, 6.45) is 2.30. The van der Waals surface area contributed by atoms with Crippen LogP contribution in [0.25, 0.3) is 0 Å². The van der Waals surface area contributed by atoms with Crippen LogP contribution in [0.3, 0.4) is 0 Å². The quantitative estimate of drug-likeness (QED) is 0.361. The molecule has 0 saturated carbocycles. The number of guanidine groups is 1. The van der Waals surface area contributed by atoms with Crippen LogP contribution in [-0.2, 0) is 16.0 Å². The largest absolute Gasteiger partial charge is 0.379 e. The highest BCUT2D eigenvalue weighted by molar-refractivity contribution is 7.09. The predicted molar refractivity (Wildman–Crippen MR) is 109 cm³/mol. The maximum Gasteiger partial charge on any atom is 0.193 e. The van der Waals surface area contributed by atoms with Gasteiger partial charge < -0.3 is 19.7 Å². The predicted octanol–water partition coefficient (Wildman–Crippen LogP) is 2.27. The van der Waals surface area contributed by atoms with E-state index in [2.05, 4.69) is 44.5 Å². The molecule has 0 spiro atoms. The van der Waals surface area contributed by atoms with Gasteiger partial charge in [-0.3, -0.25) is 9.89 Å². The molecular formula is C19H34N4O2S. The first-order valence-corrected chi connectivity index (χ1v) is 10.6. The lowest BCUT2D eigenvalue weighted by Gasteiger charge is -2.36. The lowest BCUT2D eigenvalue weighted by atomic mass is 10.3. The summed E-state index contributed by atoms with van der Waals surface area (Å²) >= 11 is 1.84. The van der Waals surface area contributed by atoms with Crippen LogP contribution in [0.5, 0.6) is 0 Å². The molecular weight excluding hydrogens is 348 g/mol. The first kappa shape index (κ1) is 21.2. The van der Waals surface area contributed by atoms with Gasteiger partial charge in [-0.1, -0.05) is 19.4 Å². The van der Waals surface area contributed by atoms with Crippen molar-refractivity contribution in [1.29, 1.82) is 0 Å². The van der Waals surface area contributed by atoms with E-state index in [1.54, 1.807) is 0 Å². The molecule has 26 heavy (non-hydrogen) atoms. The zero-order chi connectivity index (χ0) is 18.5. The smallest absolute Gasteiger partial charge is 0.193 e. The van der Waals surface area contributed by atoms with E-state index in [9.17, 15) is 0 Å². The second-order valence-corrected chi connectivity index (χ2v) is 7.43.